The summed E-state index contributed by atoms with van der Waals surface area (Å²) < 4.78 is 22.6. The van der Waals surface area contributed by atoms with Gasteiger partial charge in [-0.1, -0.05) is 24.3 Å². The van der Waals surface area contributed by atoms with Gasteiger partial charge in [-0.05, 0) is 12.1 Å². The van der Waals surface area contributed by atoms with Crippen LogP contribution in [-0.4, -0.2) is 8.42 Å². The topological polar surface area (TPSA) is 86.2 Å². The van der Waals surface area contributed by atoms with Gasteiger partial charge in [0.2, 0.25) is 10.0 Å². The van der Waals surface area contributed by atoms with Crippen molar-refractivity contribution in [2.24, 2.45) is 5.14 Å². The summed E-state index contributed by atoms with van der Waals surface area (Å²) in [6.45, 7) is 0. The Balaban J connectivity index is 0.00000128. The summed E-state index contributed by atoms with van der Waals surface area (Å²) in [6.07, 6.45) is 0. The summed E-state index contributed by atoms with van der Waals surface area (Å²) in [5, 5.41) is 6.36. The van der Waals surface area contributed by atoms with Crippen LogP contribution in [0.3, 0.4) is 0 Å². The number of anilines is 1. The number of sulfonamides is 1. The Kier molecular flexibility index (Phi) is 3.42. The van der Waals surface area contributed by atoms with Crippen molar-refractivity contribution in [2.45, 2.75) is 4.90 Å². The van der Waals surface area contributed by atoms with Crippen molar-refractivity contribution in [1.82, 2.24) is 0 Å². The second-order valence-electron chi connectivity index (χ2n) is 3.24. The summed E-state index contributed by atoms with van der Waals surface area (Å²) in [5.74, 6) is 0. The zero-order valence-electron chi connectivity index (χ0n) is 8.25. The number of rotatable bonds is 1. The van der Waals surface area contributed by atoms with E-state index in [-0.39, 0.29) is 17.3 Å². The van der Waals surface area contributed by atoms with Gasteiger partial charge in [0.25, 0.3) is 0 Å². The SMILES string of the molecule is Cl.Nc1cccc2c(S(N)(=O)=O)cccc12. The van der Waals surface area contributed by atoms with Crippen LogP contribution in [0.25, 0.3) is 10.8 Å². The Morgan fingerprint density at radius 3 is 2.12 bits per heavy atom. The first kappa shape index (κ1) is 12.8. The van der Waals surface area contributed by atoms with E-state index < -0.39 is 10.0 Å². The lowest BCUT2D eigenvalue weighted by atomic mass is 10.1. The monoisotopic (exact) mass is 258 g/mol. The molecule has 4 nitrogen and oxygen atoms in total. The molecule has 0 heterocycles. The van der Waals surface area contributed by atoms with Gasteiger partial charge in [-0.2, -0.15) is 0 Å². The van der Waals surface area contributed by atoms with Crippen LogP contribution in [0.4, 0.5) is 5.69 Å². The summed E-state index contributed by atoms with van der Waals surface area (Å²) in [7, 11) is -3.70. The predicted molar refractivity (Wildman–Crippen MR) is 67.0 cm³/mol. The predicted octanol–water partition coefficient (Wildman–Crippen LogP) is 1.49. The summed E-state index contributed by atoms with van der Waals surface area (Å²) >= 11 is 0. The highest BCUT2D eigenvalue weighted by Crippen LogP contribution is 2.25. The second kappa shape index (κ2) is 4.29. The average Bonchev–Trinajstić information content (AvgIpc) is 2.16. The average molecular weight is 259 g/mol. The summed E-state index contributed by atoms with van der Waals surface area (Å²) in [6, 6.07) is 9.96. The quantitative estimate of drug-likeness (QED) is 0.760. The lowest BCUT2D eigenvalue weighted by molar-refractivity contribution is 0.598. The normalized spacial score (nSPS) is 11.1. The number of hydrogen-bond acceptors (Lipinski definition) is 3. The van der Waals surface area contributed by atoms with Gasteiger partial charge in [0.15, 0.2) is 0 Å². The molecule has 16 heavy (non-hydrogen) atoms. The molecule has 0 bridgehead atoms. The first-order valence-corrected chi connectivity index (χ1v) is 5.85. The minimum atomic E-state index is -3.70. The van der Waals surface area contributed by atoms with Crippen LogP contribution < -0.4 is 10.9 Å². The number of nitrogens with two attached hydrogens (primary N) is 2. The van der Waals surface area contributed by atoms with Crippen LogP contribution >= 0.6 is 12.4 Å². The van der Waals surface area contributed by atoms with Gasteiger partial charge in [0.05, 0.1) is 4.90 Å². The lowest BCUT2D eigenvalue weighted by Gasteiger charge is -2.05. The fourth-order valence-corrected chi connectivity index (χ4v) is 2.31. The van der Waals surface area contributed by atoms with Crippen molar-refractivity contribution in [3.05, 3.63) is 36.4 Å². The zero-order chi connectivity index (χ0) is 11.1. The standard InChI is InChI=1S/C10H10N2O2S.ClH/c11-9-5-1-4-8-7(9)3-2-6-10(8)15(12,13)14;/h1-6H,11H2,(H2,12,13,14);1H. The van der Waals surface area contributed by atoms with Crippen LogP contribution in [-0.2, 0) is 10.0 Å². The van der Waals surface area contributed by atoms with Crippen LogP contribution in [0.15, 0.2) is 41.3 Å². The third-order valence-corrected chi connectivity index (χ3v) is 3.19. The van der Waals surface area contributed by atoms with E-state index in [1.165, 1.54) is 6.07 Å². The second-order valence-corrected chi connectivity index (χ2v) is 4.77. The molecule has 0 saturated carbocycles. The van der Waals surface area contributed by atoms with E-state index in [1.807, 2.05) is 0 Å². The van der Waals surface area contributed by atoms with E-state index in [0.29, 0.717) is 16.5 Å². The van der Waals surface area contributed by atoms with Gasteiger partial charge < -0.3 is 5.73 Å². The molecular formula is C10H11ClN2O2S. The molecule has 0 aliphatic heterocycles. The molecule has 86 valence electrons. The molecular weight excluding hydrogens is 248 g/mol. The summed E-state index contributed by atoms with van der Waals surface area (Å²) in [4.78, 5) is 0.104. The van der Waals surface area contributed by atoms with Crippen molar-refractivity contribution in [1.29, 1.82) is 0 Å². The maximum absolute atomic E-state index is 11.3. The van der Waals surface area contributed by atoms with Gasteiger partial charge in [-0.3, -0.25) is 0 Å². The lowest BCUT2D eigenvalue weighted by Crippen LogP contribution is -2.12. The van der Waals surface area contributed by atoms with Crippen molar-refractivity contribution >= 4 is 38.9 Å². The Bertz CT molecular complexity index is 626. The molecule has 0 amide bonds. The fraction of sp³-hybridized carbons (Fsp3) is 0. The van der Waals surface area contributed by atoms with E-state index in [2.05, 4.69) is 0 Å². The molecule has 2 rings (SSSR count). The van der Waals surface area contributed by atoms with Crippen LogP contribution in [0.1, 0.15) is 0 Å². The molecule has 0 aromatic heterocycles. The minimum absolute atomic E-state index is 0. The Morgan fingerprint density at radius 2 is 1.50 bits per heavy atom. The van der Waals surface area contributed by atoms with Crippen molar-refractivity contribution in [2.75, 3.05) is 5.73 Å². The van der Waals surface area contributed by atoms with Crippen LogP contribution in [0, 0.1) is 0 Å². The van der Waals surface area contributed by atoms with Gasteiger partial charge in [0, 0.05) is 16.5 Å². The van der Waals surface area contributed by atoms with E-state index in [4.69, 9.17) is 10.9 Å². The van der Waals surface area contributed by atoms with Gasteiger partial charge in [0.1, 0.15) is 0 Å². The highest BCUT2D eigenvalue weighted by Gasteiger charge is 2.12. The number of halogens is 1. The molecule has 0 spiro atoms. The van der Waals surface area contributed by atoms with Crippen LogP contribution in [0.2, 0.25) is 0 Å². The van der Waals surface area contributed by atoms with Gasteiger partial charge >= 0.3 is 0 Å². The minimum Gasteiger partial charge on any atom is -0.398 e. The molecule has 0 fully saturated rings. The third kappa shape index (κ3) is 2.11. The number of fused-ring (bicyclic) bond motifs is 1. The highest BCUT2D eigenvalue weighted by molar-refractivity contribution is 7.89. The Morgan fingerprint density at radius 1 is 0.938 bits per heavy atom. The van der Waals surface area contributed by atoms with Crippen molar-refractivity contribution in [3.8, 4) is 0 Å². The fourth-order valence-electron chi connectivity index (χ4n) is 1.55. The molecule has 2 aromatic carbocycles. The Hall–Kier alpha value is -1.30. The molecule has 2 aromatic rings. The molecule has 0 radical (unpaired) electrons. The maximum Gasteiger partial charge on any atom is 0.238 e. The molecule has 0 aliphatic carbocycles. The van der Waals surface area contributed by atoms with Crippen LogP contribution in [0.5, 0.6) is 0 Å². The Labute approximate surface area is 99.7 Å². The van der Waals surface area contributed by atoms with Crippen molar-refractivity contribution in [3.63, 3.8) is 0 Å². The molecule has 6 heteroatoms. The molecule has 0 aliphatic rings. The first-order chi connectivity index (χ1) is 7.00. The number of hydrogen-bond donors (Lipinski definition) is 2. The largest absolute Gasteiger partial charge is 0.398 e. The third-order valence-electron chi connectivity index (χ3n) is 2.22. The number of nitrogen functional groups attached to an aromatic ring is 1. The smallest absolute Gasteiger partial charge is 0.238 e. The number of benzene rings is 2. The molecule has 0 unspecified atom stereocenters. The van der Waals surface area contributed by atoms with E-state index >= 15 is 0 Å². The van der Waals surface area contributed by atoms with E-state index in [0.717, 1.165) is 0 Å². The zero-order valence-corrected chi connectivity index (χ0v) is 9.88. The molecule has 4 N–H and O–H groups in total. The molecule has 0 atom stereocenters. The maximum atomic E-state index is 11.3. The van der Waals surface area contributed by atoms with E-state index in [9.17, 15) is 8.42 Å². The number of primary sulfonamides is 1. The van der Waals surface area contributed by atoms with E-state index in [1.54, 1.807) is 30.3 Å². The highest BCUT2D eigenvalue weighted by atomic mass is 35.5. The molecule has 0 saturated heterocycles. The van der Waals surface area contributed by atoms with Gasteiger partial charge in [-0.15, -0.1) is 12.4 Å². The van der Waals surface area contributed by atoms with Crippen molar-refractivity contribution < 1.29 is 8.42 Å². The van der Waals surface area contributed by atoms with Gasteiger partial charge in [-0.25, -0.2) is 13.6 Å². The summed E-state index contributed by atoms with van der Waals surface area (Å²) in [5.41, 5.74) is 6.27. The first-order valence-electron chi connectivity index (χ1n) is 4.30.